The lowest BCUT2D eigenvalue weighted by Crippen LogP contribution is -2.37. The van der Waals surface area contributed by atoms with E-state index in [2.05, 4.69) is 10.3 Å². The highest BCUT2D eigenvalue weighted by Crippen LogP contribution is 2.31. The molecule has 1 aromatic rings. The molecule has 1 N–H and O–H groups in total. The molecule has 21 heavy (non-hydrogen) atoms. The van der Waals surface area contributed by atoms with Gasteiger partial charge in [0.2, 0.25) is 0 Å². The monoisotopic (exact) mass is 301 g/mol. The number of rotatable bonds is 4. The third kappa shape index (κ3) is 5.28. The summed E-state index contributed by atoms with van der Waals surface area (Å²) in [5.74, 6) is 0.798. The largest absolute Gasteiger partial charge is 0.416 e. The van der Waals surface area contributed by atoms with Crippen LogP contribution in [-0.4, -0.2) is 38.5 Å². The van der Waals surface area contributed by atoms with Gasteiger partial charge in [0.1, 0.15) is 0 Å². The van der Waals surface area contributed by atoms with E-state index in [9.17, 15) is 13.2 Å². The number of hydrogen-bond acceptors (Lipinski definition) is 1. The molecular formula is C15H22F3N3. The first kappa shape index (κ1) is 17.3. The summed E-state index contributed by atoms with van der Waals surface area (Å²) >= 11 is 0. The number of hydrogen-bond donors (Lipinski definition) is 1. The summed E-state index contributed by atoms with van der Waals surface area (Å²) in [5.41, 5.74) is 0.107. The lowest BCUT2D eigenvalue weighted by Gasteiger charge is -2.19. The Balaban J connectivity index is 2.62. The Bertz CT molecular complexity index is 481. The van der Waals surface area contributed by atoms with E-state index in [1.54, 1.807) is 13.1 Å². The Morgan fingerprint density at radius 3 is 2.52 bits per heavy atom. The van der Waals surface area contributed by atoms with Gasteiger partial charge in [0.05, 0.1) is 5.56 Å². The zero-order valence-corrected chi connectivity index (χ0v) is 12.8. The van der Waals surface area contributed by atoms with Crippen molar-refractivity contribution < 1.29 is 13.2 Å². The van der Waals surface area contributed by atoms with E-state index in [4.69, 9.17) is 0 Å². The first-order chi connectivity index (χ1) is 9.75. The number of aliphatic imine (C=N–C) groups is 1. The van der Waals surface area contributed by atoms with Crippen LogP contribution in [0, 0.1) is 0 Å². The number of nitrogens with one attached hydrogen (secondary N) is 1. The zero-order valence-electron chi connectivity index (χ0n) is 12.8. The molecule has 0 heterocycles. The van der Waals surface area contributed by atoms with Crippen LogP contribution >= 0.6 is 0 Å². The molecule has 1 unspecified atom stereocenters. The molecule has 0 bridgehead atoms. The van der Waals surface area contributed by atoms with E-state index in [-0.39, 0.29) is 5.92 Å². The van der Waals surface area contributed by atoms with Gasteiger partial charge in [0.15, 0.2) is 5.96 Å². The number of alkyl halides is 3. The normalized spacial score (nSPS) is 14.0. The molecule has 0 amide bonds. The predicted octanol–water partition coefficient (Wildman–Crippen LogP) is 3.34. The third-order valence-corrected chi connectivity index (χ3v) is 3.28. The first-order valence-corrected chi connectivity index (χ1v) is 6.80. The highest BCUT2D eigenvalue weighted by molar-refractivity contribution is 5.79. The quantitative estimate of drug-likeness (QED) is 0.682. The molecule has 6 heteroatoms. The number of guanidine groups is 1. The van der Waals surface area contributed by atoms with Crippen molar-refractivity contribution in [2.45, 2.75) is 25.4 Å². The van der Waals surface area contributed by atoms with Gasteiger partial charge < -0.3 is 10.2 Å². The van der Waals surface area contributed by atoms with E-state index in [0.29, 0.717) is 12.1 Å². The minimum Gasteiger partial charge on any atom is -0.356 e. The topological polar surface area (TPSA) is 27.6 Å². The lowest BCUT2D eigenvalue weighted by atomic mass is 9.96. The molecule has 118 valence electrons. The minimum absolute atomic E-state index is 0.0417. The smallest absolute Gasteiger partial charge is 0.356 e. The SMILES string of the molecule is CN=C(NCCC(C)c1cccc(C(F)(F)F)c1)N(C)C. The maximum Gasteiger partial charge on any atom is 0.416 e. The third-order valence-electron chi connectivity index (χ3n) is 3.28. The summed E-state index contributed by atoms with van der Waals surface area (Å²) in [7, 11) is 5.45. The molecule has 0 aliphatic carbocycles. The Hall–Kier alpha value is -1.72. The van der Waals surface area contributed by atoms with Crippen molar-refractivity contribution in [3.05, 3.63) is 35.4 Å². The van der Waals surface area contributed by atoms with Crippen molar-refractivity contribution in [1.29, 1.82) is 0 Å². The molecule has 3 nitrogen and oxygen atoms in total. The van der Waals surface area contributed by atoms with Gasteiger partial charge in [-0.1, -0.05) is 25.1 Å². The Kier molecular flexibility index (Phi) is 6.05. The maximum atomic E-state index is 12.7. The molecule has 1 rings (SSSR count). The summed E-state index contributed by atoms with van der Waals surface area (Å²) < 4.78 is 38.1. The van der Waals surface area contributed by atoms with Gasteiger partial charge in [-0.3, -0.25) is 4.99 Å². The second kappa shape index (κ2) is 7.33. The highest BCUT2D eigenvalue weighted by atomic mass is 19.4. The molecule has 0 fully saturated rings. The standard InChI is InChI=1S/C15H22F3N3/c1-11(8-9-20-14(19-2)21(3)4)12-6-5-7-13(10-12)15(16,17)18/h5-7,10-11H,8-9H2,1-4H3,(H,19,20). The van der Waals surface area contributed by atoms with Crippen LogP contribution in [0.25, 0.3) is 0 Å². The van der Waals surface area contributed by atoms with E-state index >= 15 is 0 Å². The van der Waals surface area contributed by atoms with Crippen LogP contribution in [0.3, 0.4) is 0 Å². The van der Waals surface area contributed by atoms with E-state index in [0.717, 1.165) is 18.4 Å². The van der Waals surface area contributed by atoms with E-state index in [1.165, 1.54) is 12.1 Å². The summed E-state index contributed by atoms with van der Waals surface area (Å²) in [5, 5.41) is 3.17. The molecular weight excluding hydrogens is 279 g/mol. The van der Waals surface area contributed by atoms with Crippen LogP contribution < -0.4 is 5.32 Å². The average Bonchev–Trinajstić information content (AvgIpc) is 2.42. The minimum atomic E-state index is -4.29. The van der Waals surface area contributed by atoms with Gasteiger partial charge >= 0.3 is 6.18 Å². The van der Waals surface area contributed by atoms with Gasteiger partial charge in [-0.15, -0.1) is 0 Å². The summed E-state index contributed by atoms with van der Waals surface area (Å²) in [4.78, 5) is 5.94. The zero-order chi connectivity index (χ0) is 16.0. The van der Waals surface area contributed by atoms with E-state index in [1.807, 2.05) is 25.9 Å². The van der Waals surface area contributed by atoms with Gasteiger partial charge in [0.25, 0.3) is 0 Å². The van der Waals surface area contributed by atoms with Crippen molar-refractivity contribution in [2.24, 2.45) is 4.99 Å². The van der Waals surface area contributed by atoms with Crippen molar-refractivity contribution in [3.63, 3.8) is 0 Å². The molecule has 0 spiro atoms. The number of halogens is 3. The Labute approximate surface area is 123 Å². The van der Waals surface area contributed by atoms with Crippen LogP contribution in [-0.2, 0) is 6.18 Å². The van der Waals surface area contributed by atoms with Crippen LogP contribution in [0.4, 0.5) is 13.2 Å². The fraction of sp³-hybridized carbons (Fsp3) is 0.533. The number of benzene rings is 1. The van der Waals surface area contributed by atoms with Gasteiger partial charge in [0, 0.05) is 27.7 Å². The van der Waals surface area contributed by atoms with E-state index < -0.39 is 11.7 Å². The maximum absolute atomic E-state index is 12.7. The van der Waals surface area contributed by atoms with Gasteiger partial charge in [-0.25, -0.2) is 0 Å². The Morgan fingerprint density at radius 2 is 2.00 bits per heavy atom. The fourth-order valence-electron chi connectivity index (χ4n) is 2.03. The molecule has 0 aliphatic rings. The summed E-state index contributed by atoms with van der Waals surface area (Å²) in [6, 6.07) is 5.52. The molecule has 0 saturated carbocycles. The second-order valence-electron chi connectivity index (χ2n) is 5.18. The van der Waals surface area contributed by atoms with Crippen molar-refractivity contribution in [3.8, 4) is 0 Å². The highest BCUT2D eigenvalue weighted by Gasteiger charge is 2.30. The predicted molar refractivity (Wildman–Crippen MR) is 79.5 cm³/mol. The van der Waals surface area contributed by atoms with Crippen LogP contribution in [0.1, 0.15) is 30.4 Å². The lowest BCUT2D eigenvalue weighted by molar-refractivity contribution is -0.137. The molecule has 0 aromatic heterocycles. The number of nitrogens with zero attached hydrogens (tertiary/aromatic N) is 2. The molecule has 0 radical (unpaired) electrons. The molecule has 0 aliphatic heterocycles. The van der Waals surface area contributed by atoms with Crippen LogP contribution in [0.2, 0.25) is 0 Å². The van der Waals surface area contributed by atoms with Gasteiger partial charge in [-0.2, -0.15) is 13.2 Å². The van der Waals surface area contributed by atoms with Crippen LogP contribution in [0.15, 0.2) is 29.3 Å². The van der Waals surface area contributed by atoms with Crippen molar-refractivity contribution in [1.82, 2.24) is 10.2 Å². The Morgan fingerprint density at radius 1 is 1.33 bits per heavy atom. The molecule has 0 saturated heterocycles. The first-order valence-electron chi connectivity index (χ1n) is 6.80. The van der Waals surface area contributed by atoms with Crippen molar-refractivity contribution in [2.75, 3.05) is 27.7 Å². The molecule has 1 atom stereocenters. The average molecular weight is 301 g/mol. The second-order valence-corrected chi connectivity index (χ2v) is 5.18. The fourth-order valence-corrected chi connectivity index (χ4v) is 2.03. The summed E-state index contributed by atoms with van der Waals surface area (Å²) in [6.45, 7) is 2.58. The van der Waals surface area contributed by atoms with Crippen molar-refractivity contribution >= 4 is 5.96 Å². The van der Waals surface area contributed by atoms with Crippen LogP contribution in [0.5, 0.6) is 0 Å². The summed E-state index contributed by atoms with van der Waals surface area (Å²) in [6.07, 6.45) is -3.56. The molecule has 1 aromatic carbocycles. The van der Waals surface area contributed by atoms with Gasteiger partial charge in [-0.05, 0) is 24.0 Å².